The molecule has 1 fully saturated rings. The molecular formula is C22H20ClN7O2. The Morgan fingerprint density at radius 1 is 1.12 bits per heavy atom. The van der Waals surface area contributed by atoms with Gasteiger partial charge >= 0.3 is 5.69 Å². The van der Waals surface area contributed by atoms with Crippen molar-refractivity contribution in [1.82, 2.24) is 9.97 Å². The molecule has 9 nitrogen and oxygen atoms in total. The first-order valence-electron chi connectivity index (χ1n) is 10.0. The molecule has 1 aliphatic heterocycles. The highest BCUT2D eigenvalue weighted by Crippen LogP contribution is 2.28. The molecule has 3 heterocycles. The molecule has 3 aromatic rings. The second-order valence-corrected chi connectivity index (χ2v) is 7.89. The Balaban J connectivity index is 1.46. The zero-order valence-electron chi connectivity index (χ0n) is 17.0. The number of nitrogens with two attached hydrogens (primary N) is 1. The number of nitrogen functional groups attached to an aromatic ring is 1. The Morgan fingerprint density at radius 2 is 1.84 bits per heavy atom. The molecule has 2 aromatic heterocycles. The molecule has 0 saturated carbocycles. The maximum atomic E-state index is 10.9. The van der Waals surface area contributed by atoms with Crippen molar-refractivity contribution in [3.8, 4) is 17.3 Å². The minimum absolute atomic E-state index is 0.112. The van der Waals surface area contributed by atoms with E-state index in [1.165, 1.54) is 6.07 Å². The van der Waals surface area contributed by atoms with Crippen LogP contribution in [0.5, 0.6) is 0 Å². The number of rotatable bonds is 5. The van der Waals surface area contributed by atoms with E-state index < -0.39 is 4.92 Å². The molecule has 1 aromatic carbocycles. The van der Waals surface area contributed by atoms with Crippen molar-refractivity contribution in [3.05, 3.63) is 69.2 Å². The first-order valence-corrected chi connectivity index (χ1v) is 10.4. The van der Waals surface area contributed by atoms with Gasteiger partial charge < -0.3 is 16.0 Å². The Kier molecular flexibility index (Phi) is 6.05. The highest BCUT2D eigenvalue weighted by Gasteiger charge is 2.23. The zero-order valence-corrected chi connectivity index (χ0v) is 17.8. The van der Waals surface area contributed by atoms with E-state index in [1.54, 1.807) is 12.1 Å². The van der Waals surface area contributed by atoms with Crippen LogP contribution in [0.1, 0.15) is 18.4 Å². The van der Waals surface area contributed by atoms with E-state index in [-0.39, 0.29) is 17.5 Å². The lowest BCUT2D eigenvalue weighted by Crippen LogP contribution is -2.40. The number of nitro groups is 1. The number of hydrogen-bond acceptors (Lipinski definition) is 8. The van der Waals surface area contributed by atoms with Gasteiger partial charge in [-0.05, 0) is 43.2 Å². The van der Waals surface area contributed by atoms with E-state index in [9.17, 15) is 15.4 Å². The summed E-state index contributed by atoms with van der Waals surface area (Å²) in [5.41, 5.74) is 7.71. The molecule has 0 bridgehead atoms. The van der Waals surface area contributed by atoms with E-state index in [1.807, 2.05) is 30.3 Å². The van der Waals surface area contributed by atoms with Crippen LogP contribution in [0.2, 0.25) is 5.02 Å². The number of pyridine rings is 2. The number of nitrogens with zero attached hydrogens (tertiary/aromatic N) is 5. The predicted octanol–water partition coefficient (Wildman–Crippen LogP) is 4.24. The molecule has 0 radical (unpaired) electrons. The van der Waals surface area contributed by atoms with E-state index in [0.29, 0.717) is 35.3 Å². The monoisotopic (exact) mass is 449 g/mol. The summed E-state index contributed by atoms with van der Waals surface area (Å²) in [7, 11) is 0. The summed E-state index contributed by atoms with van der Waals surface area (Å²) in [6.45, 7) is 1.40. The van der Waals surface area contributed by atoms with E-state index in [4.69, 9.17) is 22.3 Å². The van der Waals surface area contributed by atoms with Crippen molar-refractivity contribution in [1.29, 1.82) is 5.26 Å². The topological polar surface area (TPSA) is 134 Å². The molecule has 4 rings (SSSR count). The van der Waals surface area contributed by atoms with Gasteiger partial charge in [-0.25, -0.2) is 9.97 Å². The number of anilines is 3. The van der Waals surface area contributed by atoms with Gasteiger partial charge in [-0.15, -0.1) is 0 Å². The molecule has 0 unspecified atom stereocenters. The lowest BCUT2D eigenvalue weighted by molar-refractivity contribution is -0.384. The molecular weight excluding hydrogens is 430 g/mol. The smallest absolute Gasteiger partial charge is 0.311 e. The number of piperidine rings is 1. The third kappa shape index (κ3) is 4.55. The number of hydrogen-bond donors (Lipinski definition) is 2. The van der Waals surface area contributed by atoms with Crippen molar-refractivity contribution in [2.24, 2.45) is 0 Å². The minimum Gasteiger partial charge on any atom is -0.378 e. The first kappa shape index (κ1) is 21.3. The Bertz CT molecular complexity index is 1190. The Labute approximate surface area is 189 Å². The van der Waals surface area contributed by atoms with Gasteiger partial charge in [0.25, 0.3) is 0 Å². The van der Waals surface area contributed by atoms with Gasteiger partial charge in [0.2, 0.25) is 5.82 Å². The Hall–Kier alpha value is -3.90. The fraction of sp³-hybridized carbons (Fsp3) is 0.227. The number of nitriles is 1. The number of aromatic nitrogens is 2. The molecule has 10 heteroatoms. The largest absolute Gasteiger partial charge is 0.378 e. The number of benzene rings is 1. The highest BCUT2D eigenvalue weighted by molar-refractivity contribution is 6.30. The third-order valence-corrected chi connectivity index (χ3v) is 5.63. The van der Waals surface area contributed by atoms with Gasteiger partial charge in [0.15, 0.2) is 0 Å². The molecule has 0 spiro atoms. The van der Waals surface area contributed by atoms with Crippen molar-refractivity contribution in [2.75, 3.05) is 29.0 Å². The van der Waals surface area contributed by atoms with Crippen LogP contribution >= 0.6 is 11.6 Å². The summed E-state index contributed by atoms with van der Waals surface area (Å²) in [6.07, 6.45) is 1.58. The van der Waals surface area contributed by atoms with Crippen molar-refractivity contribution in [3.63, 3.8) is 0 Å². The van der Waals surface area contributed by atoms with Crippen LogP contribution in [0.3, 0.4) is 0 Å². The summed E-state index contributed by atoms with van der Waals surface area (Å²) in [5, 5.41) is 24.4. The van der Waals surface area contributed by atoms with Gasteiger partial charge in [0, 0.05) is 35.8 Å². The summed E-state index contributed by atoms with van der Waals surface area (Å²) >= 11 is 5.98. The SMILES string of the molecule is N#Cc1ccc(-c2ccc(Cl)cc2)nc1N1CCC(Nc2ccc([N+](=O)[O-])c(N)n2)CC1. The second-order valence-electron chi connectivity index (χ2n) is 7.45. The van der Waals surface area contributed by atoms with Gasteiger partial charge in [0.05, 0.1) is 16.2 Å². The van der Waals surface area contributed by atoms with Gasteiger partial charge in [0.1, 0.15) is 17.7 Å². The first-order chi connectivity index (χ1) is 15.4. The average molecular weight is 450 g/mol. The maximum Gasteiger partial charge on any atom is 0.311 e. The molecule has 32 heavy (non-hydrogen) atoms. The molecule has 162 valence electrons. The van der Waals surface area contributed by atoms with E-state index >= 15 is 0 Å². The fourth-order valence-corrected chi connectivity index (χ4v) is 3.83. The van der Waals surface area contributed by atoms with Gasteiger partial charge in [-0.2, -0.15) is 5.26 Å². The van der Waals surface area contributed by atoms with Crippen LogP contribution in [-0.2, 0) is 0 Å². The third-order valence-electron chi connectivity index (χ3n) is 5.38. The average Bonchev–Trinajstić information content (AvgIpc) is 2.79. The summed E-state index contributed by atoms with van der Waals surface area (Å²) in [6, 6.07) is 16.3. The quantitative estimate of drug-likeness (QED) is 0.436. The highest BCUT2D eigenvalue weighted by atomic mass is 35.5. The van der Waals surface area contributed by atoms with Crippen LogP contribution in [0.4, 0.5) is 23.1 Å². The van der Waals surface area contributed by atoms with E-state index in [2.05, 4.69) is 21.3 Å². The maximum absolute atomic E-state index is 10.9. The van der Waals surface area contributed by atoms with Gasteiger partial charge in [-0.3, -0.25) is 10.1 Å². The summed E-state index contributed by atoms with van der Waals surface area (Å²) in [5.74, 6) is 1.06. The fourth-order valence-electron chi connectivity index (χ4n) is 3.71. The number of nitrogens with one attached hydrogen (secondary N) is 1. The van der Waals surface area contributed by atoms with Crippen LogP contribution in [0.25, 0.3) is 11.3 Å². The lowest BCUT2D eigenvalue weighted by atomic mass is 10.0. The zero-order chi connectivity index (χ0) is 22.7. The predicted molar refractivity (Wildman–Crippen MR) is 124 cm³/mol. The van der Waals surface area contributed by atoms with Crippen LogP contribution < -0.4 is 16.0 Å². The Morgan fingerprint density at radius 3 is 2.47 bits per heavy atom. The van der Waals surface area contributed by atoms with Crippen molar-refractivity contribution >= 4 is 34.7 Å². The van der Waals surface area contributed by atoms with Crippen LogP contribution in [0.15, 0.2) is 48.5 Å². The molecule has 1 saturated heterocycles. The van der Waals surface area contributed by atoms with Crippen LogP contribution in [0, 0.1) is 21.4 Å². The molecule has 0 amide bonds. The molecule has 1 aliphatic rings. The molecule has 3 N–H and O–H groups in total. The van der Waals surface area contributed by atoms with Crippen LogP contribution in [-0.4, -0.2) is 34.0 Å². The standard InChI is InChI=1S/C22H20ClN7O2/c23-16-4-1-14(2-5-16)18-6-3-15(13-24)22(27-18)29-11-9-17(10-12-29)26-20-8-7-19(30(31)32)21(25)28-20/h1-8,17H,9-12H2,(H3,25,26,28). The molecule has 0 aliphatic carbocycles. The van der Waals surface area contributed by atoms with E-state index in [0.717, 1.165) is 24.1 Å². The minimum atomic E-state index is -0.553. The van der Waals surface area contributed by atoms with Crippen molar-refractivity contribution in [2.45, 2.75) is 18.9 Å². The van der Waals surface area contributed by atoms with Gasteiger partial charge in [-0.1, -0.05) is 23.7 Å². The second kappa shape index (κ2) is 9.08. The number of halogens is 1. The lowest BCUT2D eigenvalue weighted by Gasteiger charge is -2.34. The molecule has 0 atom stereocenters. The summed E-state index contributed by atoms with van der Waals surface area (Å²) in [4.78, 5) is 21.3. The normalized spacial score (nSPS) is 14.1. The summed E-state index contributed by atoms with van der Waals surface area (Å²) < 4.78 is 0. The van der Waals surface area contributed by atoms with Crippen molar-refractivity contribution < 1.29 is 4.92 Å².